The molecule has 0 aliphatic rings. The highest BCUT2D eigenvalue weighted by Crippen LogP contribution is 2.34. The normalized spacial score (nSPS) is 10.5. The molecule has 4 heteroatoms. The number of halogens is 1. The highest BCUT2D eigenvalue weighted by Gasteiger charge is 2.06. The Labute approximate surface area is 126 Å². The molecule has 0 saturated carbocycles. The van der Waals surface area contributed by atoms with Gasteiger partial charge in [-0.1, -0.05) is 36.4 Å². The standard InChI is InChI=1S/C17H13FN2S/c18-14-7-5-12(6-8-14)16-10-9-15(21-16)11-1-3-13(4-2-11)17(19)20/h1-10H,(H3,19,20). The number of benzene rings is 2. The predicted molar refractivity (Wildman–Crippen MR) is 86.2 cm³/mol. The highest BCUT2D eigenvalue weighted by atomic mass is 32.1. The largest absolute Gasteiger partial charge is 0.384 e. The molecule has 0 unspecified atom stereocenters. The number of thiophene rings is 1. The number of nitrogen functional groups attached to an aromatic ring is 1. The van der Waals surface area contributed by atoms with Crippen molar-refractivity contribution in [2.75, 3.05) is 0 Å². The topological polar surface area (TPSA) is 49.9 Å². The maximum Gasteiger partial charge on any atom is 0.123 e. The van der Waals surface area contributed by atoms with Gasteiger partial charge in [0.25, 0.3) is 0 Å². The maximum absolute atomic E-state index is 13.0. The second-order valence-corrected chi connectivity index (χ2v) is 5.75. The highest BCUT2D eigenvalue weighted by molar-refractivity contribution is 7.18. The number of hydrogen-bond donors (Lipinski definition) is 2. The van der Waals surface area contributed by atoms with Crippen LogP contribution < -0.4 is 5.73 Å². The van der Waals surface area contributed by atoms with Gasteiger partial charge in [0, 0.05) is 15.3 Å². The number of nitrogens with one attached hydrogen (secondary N) is 1. The molecule has 3 N–H and O–H groups in total. The van der Waals surface area contributed by atoms with Crippen LogP contribution in [-0.4, -0.2) is 5.84 Å². The number of amidine groups is 1. The number of nitrogens with two attached hydrogens (primary N) is 1. The molecule has 1 aromatic heterocycles. The third kappa shape index (κ3) is 2.85. The Hall–Kier alpha value is -2.46. The second kappa shape index (κ2) is 5.50. The van der Waals surface area contributed by atoms with E-state index in [0.29, 0.717) is 5.56 Å². The molecule has 3 rings (SSSR count). The third-order valence-electron chi connectivity index (χ3n) is 3.22. The first-order valence-corrected chi connectivity index (χ1v) is 7.26. The first-order valence-electron chi connectivity index (χ1n) is 6.44. The van der Waals surface area contributed by atoms with Gasteiger partial charge in [-0.05, 0) is 35.4 Å². The van der Waals surface area contributed by atoms with Crippen LogP contribution in [0.1, 0.15) is 5.56 Å². The molecule has 2 nitrogen and oxygen atoms in total. The van der Waals surface area contributed by atoms with Gasteiger partial charge in [-0.3, -0.25) is 5.41 Å². The van der Waals surface area contributed by atoms with Crippen molar-refractivity contribution >= 4 is 17.2 Å². The second-order valence-electron chi connectivity index (χ2n) is 4.66. The lowest BCUT2D eigenvalue weighted by molar-refractivity contribution is 0.628. The summed E-state index contributed by atoms with van der Waals surface area (Å²) in [6, 6.07) is 18.2. The molecule has 104 valence electrons. The minimum absolute atomic E-state index is 0.0692. The van der Waals surface area contributed by atoms with Crippen molar-refractivity contribution in [2.45, 2.75) is 0 Å². The van der Waals surface area contributed by atoms with Crippen molar-refractivity contribution in [3.8, 4) is 20.9 Å². The summed E-state index contributed by atoms with van der Waals surface area (Å²) in [5, 5.41) is 7.39. The Morgan fingerprint density at radius 1 is 0.810 bits per heavy atom. The fourth-order valence-corrected chi connectivity index (χ4v) is 3.09. The summed E-state index contributed by atoms with van der Waals surface area (Å²) >= 11 is 1.65. The van der Waals surface area contributed by atoms with E-state index < -0.39 is 0 Å². The van der Waals surface area contributed by atoms with Crippen LogP contribution in [0.25, 0.3) is 20.9 Å². The van der Waals surface area contributed by atoms with Crippen LogP contribution in [-0.2, 0) is 0 Å². The molecule has 1 heterocycles. The van der Waals surface area contributed by atoms with E-state index in [4.69, 9.17) is 11.1 Å². The summed E-state index contributed by atoms with van der Waals surface area (Å²) in [5.41, 5.74) is 8.26. The molecule has 0 saturated heterocycles. The average Bonchev–Trinajstić information content (AvgIpc) is 2.98. The predicted octanol–water partition coefficient (Wildman–Crippen LogP) is 4.51. The van der Waals surface area contributed by atoms with Gasteiger partial charge in [-0.15, -0.1) is 11.3 Å². The molecule has 0 aliphatic heterocycles. The molecular weight excluding hydrogens is 283 g/mol. The minimum Gasteiger partial charge on any atom is -0.384 e. The van der Waals surface area contributed by atoms with Gasteiger partial charge in [-0.25, -0.2) is 4.39 Å². The first kappa shape index (κ1) is 13.5. The molecule has 21 heavy (non-hydrogen) atoms. The van der Waals surface area contributed by atoms with E-state index in [1.165, 1.54) is 12.1 Å². The molecule has 0 fully saturated rings. The molecule has 0 aliphatic carbocycles. The third-order valence-corrected chi connectivity index (χ3v) is 4.40. The lowest BCUT2D eigenvalue weighted by atomic mass is 10.1. The molecule has 0 atom stereocenters. The fourth-order valence-electron chi connectivity index (χ4n) is 2.08. The SMILES string of the molecule is N=C(N)c1ccc(-c2ccc(-c3ccc(F)cc3)s2)cc1. The van der Waals surface area contributed by atoms with Crippen LogP contribution in [0.5, 0.6) is 0 Å². The van der Waals surface area contributed by atoms with E-state index in [1.54, 1.807) is 23.5 Å². The van der Waals surface area contributed by atoms with Crippen molar-refractivity contribution in [1.82, 2.24) is 0 Å². The van der Waals surface area contributed by atoms with Crippen molar-refractivity contribution in [1.29, 1.82) is 5.41 Å². The average molecular weight is 296 g/mol. The molecule has 3 aromatic rings. The minimum atomic E-state index is -0.227. The van der Waals surface area contributed by atoms with Crippen LogP contribution >= 0.6 is 11.3 Å². The van der Waals surface area contributed by atoms with Crippen molar-refractivity contribution in [3.05, 3.63) is 72.0 Å². The van der Waals surface area contributed by atoms with Crippen LogP contribution in [0, 0.1) is 11.2 Å². The smallest absolute Gasteiger partial charge is 0.123 e. The Balaban J connectivity index is 1.90. The van der Waals surface area contributed by atoms with Crippen LogP contribution in [0.15, 0.2) is 60.7 Å². The Kier molecular flexibility index (Phi) is 3.54. The zero-order chi connectivity index (χ0) is 14.8. The summed E-state index contributed by atoms with van der Waals surface area (Å²) in [6.07, 6.45) is 0. The van der Waals surface area contributed by atoms with Crippen LogP contribution in [0.2, 0.25) is 0 Å². The maximum atomic E-state index is 13.0. The Bertz CT molecular complexity index is 773. The first-order chi connectivity index (χ1) is 10.1. The summed E-state index contributed by atoms with van der Waals surface area (Å²) < 4.78 is 13.0. The molecule has 0 bridgehead atoms. The van der Waals surface area contributed by atoms with Gasteiger partial charge in [0.1, 0.15) is 11.7 Å². The number of rotatable bonds is 3. The zero-order valence-corrected chi connectivity index (χ0v) is 12.0. The summed E-state index contributed by atoms with van der Waals surface area (Å²) in [7, 11) is 0. The Morgan fingerprint density at radius 3 is 1.76 bits per heavy atom. The van der Waals surface area contributed by atoms with Crippen molar-refractivity contribution in [2.24, 2.45) is 5.73 Å². The Morgan fingerprint density at radius 2 is 1.29 bits per heavy atom. The van der Waals surface area contributed by atoms with E-state index in [0.717, 1.165) is 20.9 Å². The fraction of sp³-hybridized carbons (Fsp3) is 0. The van der Waals surface area contributed by atoms with Gasteiger partial charge in [0.05, 0.1) is 0 Å². The van der Waals surface area contributed by atoms with Gasteiger partial charge in [0.2, 0.25) is 0 Å². The quantitative estimate of drug-likeness (QED) is 0.542. The van der Waals surface area contributed by atoms with E-state index in [-0.39, 0.29) is 11.7 Å². The van der Waals surface area contributed by atoms with Crippen molar-refractivity contribution < 1.29 is 4.39 Å². The monoisotopic (exact) mass is 296 g/mol. The molecule has 0 radical (unpaired) electrons. The van der Waals surface area contributed by atoms with Gasteiger partial charge in [-0.2, -0.15) is 0 Å². The van der Waals surface area contributed by atoms with E-state index in [9.17, 15) is 4.39 Å². The van der Waals surface area contributed by atoms with Crippen LogP contribution in [0.4, 0.5) is 4.39 Å². The number of hydrogen-bond acceptors (Lipinski definition) is 2. The molecule has 2 aromatic carbocycles. The lowest BCUT2D eigenvalue weighted by Crippen LogP contribution is -2.10. The van der Waals surface area contributed by atoms with Gasteiger partial charge < -0.3 is 5.73 Å². The van der Waals surface area contributed by atoms with Gasteiger partial charge >= 0.3 is 0 Å². The summed E-state index contributed by atoms with van der Waals surface area (Å²) in [5.74, 6) is -0.157. The molecule has 0 amide bonds. The van der Waals surface area contributed by atoms with E-state index in [1.807, 2.05) is 36.4 Å². The summed E-state index contributed by atoms with van der Waals surface area (Å²) in [4.78, 5) is 2.23. The summed E-state index contributed by atoms with van der Waals surface area (Å²) in [6.45, 7) is 0. The van der Waals surface area contributed by atoms with Crippen LogP contribution in [0.3, 0.4) is 0 Å². The molecule has 0 spiro atoms. The zero-order valence-electron chi connectivity index (χ0n) is 11.1. The van der Waals surface area contributed by atoms with E-state index in [2.05, 4.69) is 0 Å². The van der Waals surface area contributed by atoms with Crippen molar-refractivity contribution in [3.63, 3.8) is 0 Å². The van der Waals surface area contributed by atoms with Gasteiger partial charge in [0.15, 0.2) is 0 Å². The van der Waals surface area contributed by atoms with E-state index >= 15 is 0 Å². The lowest BCUT2D eigenvalue weighted by Gasteiger charge is -2.01. The molecular formula is C17H13FN2S.